The molecule has 0 bridgehead atoms. The molecule has 0 spiro atoms. The van der Waals surface area contributed by atoms with Crippen LogP contribution in [-0.4, -0.2) is 25.9 Å². The Hall–Kier alpha value is -1.65. The standard InChI is InChI=1S/C15H19N5/c1-2-9(1)14(10-3-4-10)16-12-7-8-13-17-18-15(11-5-6-11)20(13)19-12/h7-11,14H,1-6H2,(H,16,19). The van der Waals surface area contributed by atoms with E-state index in [9.17, 15) is 0 Å². The normalized spacial score (nSPS) is 22.6. The molecule has 1 N–H and O–H groups in total. The summed E-state index contributed by atoms with van der Waals surface area (Å²) < 4.78 is 1.94. The first kappa shape index (κ1) is 11.1. The zero-order valence-electron chi connectivity index (χ0n) is 11.5. The summed E-state index contributed by atoms with van der Waals surface area (Å²) in [6.45, 7) is 0. The molecule has 0 aliphatic heterocycles. The number of nitrogens with one attached hydrogen (secondary N) is 1. The number of hydrogen-bond acceptors (Lipinski definition) is 4. The van der Waals surface area contributed by atoms with Crippen molar-refractivity contribution in [3.05, 3.63) is 18.0 Å². The van der Waals surface area contributed by atoms with Gasteiger partial charge in [0.25, 0.3) is 0 Å². The van der Waals surface area contributed by atoms with E-state index in [0.717, 1.165) is 29.1 Å². The van der Waals surface area contributed by atoms with E-state index in [1.54, 1.807) is 0 Å². The van der Waals surface area contributed by atoms with Gasteiger partial charge in [-0.25, -0.2) is 0 Å². The molecule has 0 atom stereocenters. The third-order valence-corrected chi connectivity index (χ3v) is 4.80. The molecule has 2 aromatic heterocycles. The fourth-order valence-corrected chi connectivity index (χ4v) is 3.18. The summed E-state index contributed by atoms with van der Waals surface area (Å²) in [5, 5.41) is 16.9. The van der Waals surface area contributed by atoms with E-state index < -0.39 is 0 Å². The highest BCUT2D eigenvalue weighted by Gasteiger charge is 2.41. The summed E-state index contributed by atoms with van der Waals surface area (Å²) >= 11 is 0. The lowest BCUT2D eigenvalue weighted by Gasteiger charge is -2.18. The minimum Gasteiger partial charge on any atom is -0.365 e. The molecule has 3 saturated carbocycles. The van der Waals surface area contributed by atoms with E-state index in [2.05, 4.69) is 21.6 Å². The average molecular weight is 269 g/mol. The molecular weight excluding hydrogens is 250 g/mol. The second-order valence-corrected chi connectivity index (χ2v) is 6.67. The zero-order chi connectivity index (χ0) is 13.1. The van der Waals surface area contributed by atoms with Crippen LogP contribution >= 0.6 is 0 Å². The van der Waals surface area contributed by atoms with Gasteiger partial charge in [0.2, 0.25) is 0 Å². The Morgan fingerprint density at radius 3 is 2.40 bits per heavy atom. The summed E-state index contributed by atoms with van der Waals surface area (Å²) in [5.74, 6) is 4.36. The van der Waals surface area contributed by atoms with Crippen molar-refractivity contribution in [1.82, 2.24) is 19.8 Å². The van der Waals surface area contributed by atoms with Crippen LogP contribution < -0.4 is 5.32 Å². The maximum Gasteiger partial charge on any atom is 0.178 e. The monoisotopic (exact) mass is 269 g/mol. The number of hydrogen-bond donors (Lipinski definition) is 1. The second kappa shape index (κ2) is 3.93. The van der Waals surface area contributed by atoms with Gasteiger partial charge in [-0.2, -0.15) is 4.52 Å². The van der Waals surface area contributed by atoms with Crippen LogP contribution in [0.2, 0.25) is 0 Å². The third-order valence-electron chi connectivity index (χ3n) is 4.80. The van der Waals surface area contributed by atoms with E-state index in [0.29, 0.717) is 12.0 Å². The van der Waals surface area contributed by atoms with Crippen LogP contribution in [0.4, 0.5) is 5.82 Å². The molecule has 0 amide bonds. The summed E-state index contributed by atoms with van der Waals surface area (Å²) in [7, 11) is 0. The van der Waals surface area contributed by atoms with Crippen molar-refractivity contribution in [2.75, 3.05) is 5.32 Å². The second-order valence-electron chi connectivity index (χ2n) is 6.67. The maximum absolute atomic E-state index is 4.74. The summed E-state index contributed by atoms with van der Waals surface area (Å²) in [4.78, 5) is 0. The SMILES string of the molecule is c1cc2nnc(C3CC3)n2nc1NC(C1CC1)C1CC1. The van der Waals surface area contributed by atoms with Crippen molar-refractivity contribution in [1.29, 1.82) is 0 Å². The number of anilines is 1. The van der Waals surface area contributed by atoms with E-state index in [-0.39, 0.29) is 0 Å². The summed E-state index contributed by atoms with van der Waals surface area (Å²) in [5.41, 5.74) is 0.867. The summed E-state index contributed by atoms with van der Waals surface area (Å²) in [6.07, 6.45) is 8.00. The quantitative estimate of drug-likeness (QED) is 0.906. The van der Waals surface area contributed by atoms with Crippen LogP contribution in [0.3, 0.4) is 0 Å². The molecule has 0 saturated heterocycles. The van der Waals surface area contributed by atoms with Crippen LogP contribution in [0, 0.1) is 11.8 Å². The molecule has 5 heteroatoms. The van der Waals surface area contributed by atoms with Gasteiger partial charge < -0.3 is 5.32 Å². The Morgan fingerprint density at radius 1 is 1.00 bits per heavy atom. The molecule has 3 aliphatic rings. The van der Waals surface area contributed by atoms with Crippen molar-refractivity contribution in [2.45, 2.75) is 50.5 Å². The topological polar surface area (TPSA) is 55.1 Å². The molecule has 2 aromatic rings. The fourth-order valence-electron chi connectivity index (χ4n) is 3.18. The molecule has 5 rings (SSSR count). The predicted octanol–water partition coefficient (Wildman–Crippen LogP) is 2.60. The third kappa shape index (κ3) is 1.87. The Kier molecular flexibility index (Phi) is 2.17. The van der Waals surface area contributed by atoms with Gasteiger partial charge in [0.15, 0.2) is 11.5 Å². The maximum atomic E-state index is 4.74. The molecule has 3 aliphatic carbocycles. The average Bonchev–Trinajstić information content (AvgIpc) is 3.34. The molecule has 20 heavy (non-hydrogen) atoms. The van der Waals surface area contributed by atoms with Gasteiger partial charge in [-0.1, -0.05) is 0 Å². The van der Waals surface area contributed by atoms with Crippen molar-refractivity contribution < 1.29 is 0 Å². The van der Waals surface area contributed by atoms with Crippen molar-refractivity contribution >= 4 is 11.5 Å². The Morgan fingerprint density at radius 2 is 1.75 bits per heavy atom. The minimum absolute atomic E-state index is 0.579. The van der Waals surface area contributed by atoms with Crippen molar-refractivity contribution in [2.24, 2.45) is 11.8 Å². The molecule has 0 radical (unpaired) electrons. The number of nitrogens with zero attached hydrogens (tertiary/aromatic N) is 4. The molecule has 104 valence electrons. The van der Waals surface area contributed by atoms with Crippen molar-refractivity contribution in [3.8, 4) is 0 Å². The van der Waals surface area contributed by atoms with Crippen LogP contribution in [-0.2, 0) is 0 Å². The van der Waals surface area contributed by atoms with Gasteiger partial charge in [-0.15, -0.1) is 15.3 Å². The molecular formula is C15H19N5. The van der Waals surface area contributed by atoms with Gasteiger partial charge in [0.1, 0.15) is 5.82 Å². The highest BCUT2D eigenvalue weighted by molar-refractivity contribution is 5.45. The molecule has 2 heterocycles. The fraction of sp³-hybridized carbons (Fsp3) is 0.667. The van der Waals surface area contributed by atoms with Gasteiger partial charge in [0.05, 0.1) is 0 Å². The van der Waals surface area contributed by atoms with Crippen molar-refractivity contribution in [3.63, 3.8) is 0 Å². The lowest BCUT2D eigenvalue weighted by atomic mass is 10.1. The van der Waals surface area contributed by atoms with Gasteiger partial charge in [-0.3, -0.25) is 0 Å². The van der Waals surface area contributed by atoms with Gasteiger partial charge >= 0.3 is 0 Å². The first-order valence-corrected chi connectivity index (χ1v) is 7.87. The van der Waals surface area contributed by atoms with Gasteiger partial charge in [0, 0.05) is 12.0 Å². The summed E-state index contributed by atoms with van der Waals surface area (Å²) in [6, 6.07) is 4.73. The highest BCUT2D eigenvalue weighted by atomic mass is 15.4. The smallest absolute Gasteiger partial charge is 0.178 e. The minimum atomic E-state index is 0.579. The Bertz CT molecular complexity index is 639. The van der Waals surface area contributed by atoms with Crippen LogP contribution in [0.5, 0.6) is 0 Å². The number of rotatable bonds is 5. The highest BCUT2D eigenvalue weighted by Crippen LogP contribution is 2.45. The molecule has 0 unspecified atom stereocenters. The first-order valence-electron chi connectivity index (χ1n) is 7.87. The molecule has 0 aromatic carbocycles. The lowest BCUT2D eigenvalue weighted by Crippen LogP contribution is -2.25. The van der Waals surface area contributed by atoms with Crippen LogP contribution in [0.15, 0.2) is 12.1 Å². The number of aromatic nitrogens is 4. The van der Waals surface area contributed by atoms with E-state index in [1.165, 1.54) is 38.5 Å². The Balaban J connectivity index is 1.47. The van der Waals surface area contributed by atoms with Crippen LogP contribution in [0.25, 0.3) is 5.65 Å². The number of fused-ring (bicyclic) bond motifs is 1. The lowest BCUT2D eigenvalue weighted by molar-refractivity contribution is 0.564. The first-order chi connectivity index (χ1) is 9.88. The van der Waals surface area contributed by atoms with E-state index in [4.69, 9.17) is 5.10 Å². The Labute approximate surface area is 117 Å². The van der Waals surface area contributed by atoms with Crippen LogP contribution in [0.1, 0.15) is 50.3 Å². The molecule has 5 nitrogen and oxygen atoms in total. The van der Waals surface area contributed by atoms with E-state index in [1.807, 2.05) is 10.6 Å². The largest absolute Gasteiger partial charge is 0.365 e. The zero-order valence-corrected chi connectivity index (χ0v) is 11.5. The van der Waals surface area contributed by atoms with Gasteiger partial charge in [-0.05, 0) is 62.5 Å². The molecule has 3 fully saturated rings. The van der Waals surface area contributed by atoms with E-state index >= 15 is 0 Å². The predicted molar refractivity (Wildman–Crippen MR) is 75.6 cm³/mol.